The van der Waals surface area contributed by atoms with Crippen LogP contribution in [-0.2, 0) is 6.42 Å². The first-order valence-corrected chi connectivity index (χ1v) is 6.84. The van der Waals surface area contributed by atoms with E-state index in [4.69, 9.17) is 0 Å². The normalized spacial score (nSPS) is 10.9. The minimum atomic E-state index is 0.739. The molecular weight excluding hydrogens is 242 g/mol. The highest BCUT2D eigenvalue weighted by Gasteiger charge is 2.12. The summed E-state index contributed by atoms with van der Waals surface area (Å²) in [6.07, 6.45) is 3.97. The number of aldehydes is 1. The van der Waals surface area contributed by atoms with E-state index in [0.717, 1.165) is 34.4 Å². The summed E-state index contributed by atoms with van der Waals surface area (Å²) < 4.78 is 1.99. The Morgan fingerprint density at radius 1 is 1.33 bits per heavy atom. The smallest absolute Gasteiger partial charge is 0.167 e. The van der Waals surface area contributed by atoms with Crippen molar-refractivity contribution in [3.8, 4) is 10.4 Å². The Kier molecular flexibility index (Phi) is 2.76. The lowest BCUT2D eigenvalue weighted by Crippen LogP contribution is -1.93. The van der Waals surface area contributed by atoms with Crippen LogP contribution in [0.1, 0.15) is 23.0 Å². The first-order chi connectivity index (χ1) is 8.83. The molecule has 0 spiro atoms. The summed E-state index contributed by atoms with van der Waals surface area (Å²) in [6.45, 7) is 2.12. The largest absolute Gasteiger partial charge is 0.313 e. The molecule has 0 amide bonds. The SMILES string of the molecule is CCc1ccc2cc(-c3cccs3)c(C=O)n2c1. The average molecular weight is 255 g/mol. The number of thiophene rings is 1. The van der Waals surface area contributed by atoms with E-state index in [1.165, 1.54) is 5.56 Å². The van der Waals surface area contributed by atoms with Crippen LogP contribution in [-0.4, -0.2) is 10.7 Å². The highest BCUT2D eigenvalue weighted by molar-refractivity contribution is 7.13. The van der Waals surface area contributed by atoms with Crippen LogP contribution in [0.25, 0.3) is 16.0 Å². The van der Waals surface area contributed by atoms with Gasteiger partial charge >= 0.3 is 0 Å². The van der Waals surface area contributed by atoms with Gasteiger partial charge in [0, 0.05) is 22.2 Å². The van der Waals surface area contributed by atoms with Crippen molar-refractivity contribution >= 4 is 23.1 Å². The second kappa shape index (κ2) is 4.42. The Balaban J connectivity index is 2.30. The van der Waals surface area contributed by atoms with Crippen LogP contribution in [0.15, 0.2) is 41.9 Å². The third-order valence-corrected chi connectivity index (χ3v) is 4.08. The molecule has 0 saturated carbocycles. The summed E-state index contributed by atoms with van der Waals surface area (Å²) in [5.41, 5.74) is 4.06. The Hall–Kier alpha value is -1.87. The Labute approximate surface area is 110 Å². The fraction of sp³-hybridized carbons (Fsp3) is 0.133. The zero-order valence-electron chi connectivity index (χ0n) is 10.1. The van der Waals surface area contributed by atoms with E-state index in [1.54, 1.807) is 11.3 Å². The molecule has 0 aromatic carbocycles. The minimum Gasteiger partial charge on any atom is -0.313 e. The lowest BCUT2D eigenvalue weighted by atomic mass is 10.2. The molecule has 90 valence electrons. The number of fused-ring (bicyclic) bond motifs is 1. The van der Waals surface area contributed by atoms with Crippen LogP contribution >= 0.6 is 11.3 Å². The van der Waals surface area contributed by atoms with Gasteiger partial charge in [0.25, 0.3) is 0 Å². The summed E-state index contributed by atoms with van der Waals surface area (Å²) in [7, 11) is 0. The Bertz CT molecular complexity index is 695. The molecule has 3 rings (SSSR count). The number of hydrogen-bond acceptors (Lipinski definition) is 2. The first kappa shape index (κ1) is 11.2. The number of pyridine rings is 1. The summed E-state index contributed by atoms with van der Waals surface area (Å²) in [6, 6.07) is 10.3. The van der Waals surface area contributed by atoms with Crippen molar-refractivity contribution in [2.45, 2.75) is 13.3 Å². The molecule has 0 bridgehead atoms. The van der Waals surface area contributed by atoms with Gasteiger partial charge in [0.05, 0.1) is 5.69 Å². The Morgan fingerprint density at radius 3 is 2.89 bits per heavy atom. The average Bonchev–Trinajstić information content (AvgIpc) is 3.04. The molecule has 18 heavy (non-hydrogen) atoms. The second-order valence-electron chi connectivity index (χ2n) is 4.22. The van der Waals surface area contributed by atoms with Gasteiger partial charge in [-0.25, -0.2) is 0 Å². The Morgan fingerprint density at radius 2 is 2.22 bits per heavy atom. The van der Waals surface area contributed by atoms with E-state index in [1.807, 2.05) is 21.9 Å². The van der Waals surface area contributed by atoms with Crippen molar-refractivity contribution < 1.29 is 4.79 Å². The number of nitrogens with zero attached hydrogens (tertiary/aromatic N) is 1. The summed E-state index contributed by atoms with van der Waals surface area (Å²) in [4.78, 5) is 12.5. The number of aryl methyl sites for hydroxylation is 1. The highest BCUT2D eigenvalue weighted by atomic mass is 32.1. The standard InChI is InChI=1S/C15H13NOS/c1-2-11-5-6-12-8-13(15-4-3-7-18-15)14(10-17)16(12)9-11/h3-10H,2H2,1H3. The van der Waals surface area contributed by atoms with Gasteiger partial charge in [-0.05, 0) is 35.6 Å². The molecule has 0 saturated heterocycles. The molecule has 0 fully saturated rings. The van der Waals surface area contributed by atoms with Crippen LogP contribution in [0.4, 0.5) is 0 Å². The molecule has 3 aromatic heterocycles. The molecule has 0 aliphatic heterocycles. The summed E-state index contributed by atoms with van der Waals surface area (Å²) >= 11 is 1.66. The van der Waals surface area contributed by atoms with Crippen LogP contribution in [0.5, 0.6) is 0 Å². The van der Waals surface area contributed by atoms with Gasteiger partial charge in [-0.15, -0.1) is 11.3 Å². The van der Waals surface area contributed by atoms with Gasteiger partial charge in [-0.1, -0.05) is 19.1 Å². The molecular formula is C15H13NOS. The van der Waals surface area contributed by atoms with Crippen molar-refractivity contribution in [3.63, 3.8) is 0 Å². The highest BCUT2D eigenvalue weighted by Crippen LogP contribution is 2.30. The van der Waals surface area contributed by atoms with Crippen molar-refractivity contribution in [1.82, 2.24) is 4.40 Å². The van der Waals surface area contributed by atoms with Crippen LogP contribution < -0.4 is 0 Å². The first-order valence-electron chi connectivity index (χ1n) is 5.96. The fourth-order valence-electron chi connectivity index (χ4n) is 2.19. The number of aromatic nitrogens is 1. The van der Waals surface area contributed by atoms with Crippen molar-refractivity contribution in [3.05, 3.63) is 53.2 Å². The molecule has 0 radical (unpaired) electrons. The molecule has 0 aliphatic carbocycles. The minimum absolute atomic E-state index is 0.739. The molecule has 0 unspecified atom stereocenters. The lowest BCUT2D eigenvalue weighted by Gasteiger charge is -2.01. The second-order valence-corrected chi connectivity index (χ2v) is 5.17. The maximum absolute atomic E-state index is 11.4. The van der Waals surface area contributed by atoms with Gasteiger partial charge in [-0.3, -0.25) is 4.79 Å². The monoisotopic (exact) mass is 255 g/mol. The molecule has 0 aliphatic rings. The third-order valence-electron chi connectivity index (χ3n) is 3.18. The van der Waals surface area contributed by atoms with Gasteiger partial charge < -0.3 is 4.40 Å². The van der Waals surface area contributed by atoms with E-state index in [-0.39, 0.29) is 0 Å². The predicted molar refractivity (Wildman–Crippen MR) is 75.5 cm³/mol. The van der Waals surface area contributed by atoms with Gasteiger partial charge in [0.15, 0.2) is 6.29 Å². The number of carbonyl (C=O) groups is 1. The van der Waals surface area contributed by atoms with Crippen LogP contribution in [0, 0.1) is 0 Å². The molecule has 0 atom stereocenters. The topological polar surface area (TPSA) is 21.5 Å². The zero-order chi connectivity index (χ0) is 12.5. The number of hydrogen-bond donors (Lipinski definition) is 0. The number of carbonyl (C=O) groups excluding carboxylic acids is 1. The molecule has 3 heteroatoms. The molecule has 3 aromatic rings. The van der Waals surface area contributed by atoms with Crippen molar-refractivity contribution in [1.29, 1.82) is 0 Å². The van der Waals surface area contributed by atoms with Gasteiger partial charge in [0.2, 0.25) is 0 Å². The van der Waals surface area contributed by atoms with Crippen LogP contribution in [0.3, 0.4) is 0 Å². The zero-order valence-corrected chi connectivity index (χ0v) is 10.9. The van der Waals surface area contributed by atoms with Crippen LogP contribution in [0.2, 0.25) is 0 Å². The lowest BCUT2D eigenvalue weighted by molar-refractivity contribution is 0.111. The van der Waals surface area contributed by atoms with Gasteiger partial charge in [0.1, 0.15) is 0 Å². The molecule has 0 N–H and O–H groups in total. The van der Waals surface area contributed by atoms with Crippen molar-refractivity contribution in [2.75, 3.05) is 0 Å². The van der Waals surface area contributed by atoms with Crippen molar-refractivity contribution in [2.24, 2.45) is 0 Å². The summed E-state index contributed by atoms with van der Waals surface area (Å²) in [5, 5.41) is 2.03. The van der Waals surface area contributed by atoms with E-state index in [0.29, 0.717) is 0 Å². The summed E-state index contributed by atoms with van der Waals surface area (Å²) in [5.74, 6) is 0. The maximum atomic E-state index is 11.4. The maximum Gasteiger partial charge on any atom is 0.167 e. The van der Waals surface area contributed by atoms with E-state index >= 15 is 0 Å². The molecule has 2 nitrogen and oxygen atoms in total. The van der Waals surface area contributed by atoms with E-state index in [2.05, 4.69) is 31.3 Å². The third kappa shape index (κ3) is 1.68. The van der Waals surface area contributed by atoms with E-state index < -0.39 is 0 Å². The quantitative estimate of drug-likeness (QED) is 0.647. The fourth-order valence-corrected chi connectivity index (χ4v) is 2.94. The predicted octanol–water partition coefficient (Wildman–Crippen LogP) is 4.04. The number of rotatable bonds is 3. The van der Waals surface area contributed by atoms with Gasteiger partial charge in [-0.2, -0.15) is 0 Å². The van der Waals surface area contributed by atoms with E-state index in [9.17, 15) is 4.79 Å². The molecule has 3 heterocycles.